The summed E-state index contributed by atoms with van der Waals surface area (Å²) < 4.78 is 25.8. The monoisotopic (exact) mass is 297 g/mol. The molecule has 1 aromatic carbocycles. The number of hydrogen-bond donors (Lipinski definition) is 1. The molecule has 6 heteroatoms. The molecule has 110 valence electrons. The summed E-state index contributed by atoms with van der Waals surface area (Å²) in [6.07, 6.45) is 1.09. The topological polar surface area (TPSA) is 74.7 Å². The maximum Gasteiger partial charge on any atom is 0.335 e. The van der Waals surface area contributed by atoms with Gasteiger partial charge in [0.2, 0.25) is 10.0 Å². The molecule has 0 aliphatic heterocycles. The van der Waals surface area contributed by atoms with Gasteiger partial charge in [-0.3, -0.25) is 0 Å². The van der Waals surface area contributed by atoms with E-state index in [2.05, 4.69) is 6.92 Å². The van der Waals surface area contributed by atoms with Crippen LogP contribution in [0.3, 0.4) is 0 Å². The van der Waals surface area contributed by atoms with E-state index < -0.39 is 16.0 Å². The van der Waals surface area contributed by atoms with Crippen LogP contribution in [0.5, 0.6) is 0 Å². The summed E-state index contributed by atoms with van der Waals surface area (Å²) in [4.78, 5) is 10.7. The number of benzene rings is 1. The summed E-state index contributed by atoms with van der Waals surface area (Å²) in [5.41, 5.74) is 0.761. The van der Waals surface area contributed by atoms with E-state index in [4.69, 9.17) is 5.11 Å². The predicted molar refractivity (Wildman–Crippen MR) is 75.9 cm³/mol. The van der Waals surface area contributed by atoms with Crippen molar-refractivity contribution in [2.45, 2.75) is 19.1 Å². The normalized spacial score (nSPS) is 21.9. The van der Waals surface area contributed by atoms with Crippen LogP contribution in [0.4, 0.5) is 0 Å². The van der Waals surface area contributed by atoms with E-state index in [9.17, 15) is 13.2 Å². The van der Waals surface area contributed by atoms with Crippen LogP contribution in [0.2, 0.25) is 0 Å². The largest absolute Gasteiger partial charge is 0.478 e. The number of hydrogen-bond acceptors (Lipinski definition) is 3. The number of carboxylic acid groups (broad SMARTS) is 1. The van der Waals surface area contributed by atoms with Gasteiger partial charge < -0.3 is 5.11 Å². The van der Waals surface area contributed by atoms with Crippen molar-refractivity contribution in [3.8, 4) is 0 Å². The number of aromatic carboxylic acids is 1. The fourth-order valence-corrected chi connectivity index (χ4v) is 3.41. The maximum atomic E-state index is 12.2. The van der Waals surface area contributed by atoms with Crippen LogP contribution in [0.1, 0.15) is 29.3 Å². The average molecular weight is 297 g/mol. The molecule has 5 nitrogen and oxygen atoms in total. The van der Waals surface area contributed by atoms with Crippen molar-refractivity contribution in [3.05, 3.63) is 35.4 Å². The van der Waals surface area contributed by atoms with Crippen LogP contribution < -0.4 is 0 Å². The summed E-state index contributed by atoms with van der Waals surface area (Å²) >= 11 is 0. The second kappa shape index (κ2) is 5.54. The van der Waals surface area contributed by atoms with Gasteiger partial charge in [-0.05, 0) is 36.0 Å². The molecule has 1 fully saturated rings. The first kappa shape index (κ1) is 15.0. The summed E-state index contributed by atoms with van der Waals surface area (Å²) in [7, 11) is -1.74. The standard InChI is InChI=1S/C14H19NO4S/c1-10-7-13(10)8-15(2)20(18,19)9-11-3-5-12(6-4-11)14(16)17/h3-6,10,13H,7-9H2,1-2H3,(H,16,17). The molecule has 2 rings (SSSR count). The molecular weight excluding hydrogens is 278 g/mol. The highest BCUT2D eigenvalue weighted by molar-refractivity contribution is 7.88. The van der Waals surface area contributed by atoms with Crippen molar-refractivity contribution in [2.75, 3.05) is 13.6 Å². The van der Waals surface area contributed by atoms with Gasteiger partial charge in [0, 0.05) is 13.6 Å². The van der Waals surface area contributed by atoms with Crippen molar-refractivity contribution in [1.29, 1.82) is 0 Å². The quantitative estimate of drug-likeness (QED) is 0.869. The molecule has 0 heterocycles. The second-order valence-corrected chi connectivity index (χ2v) is 7.59. The molecule has 0 saturated heterocycles. The van der Waals surface area contributed by atoms with E-state index in [1.807, 2.05) is 0 Å². The summed E-state index contributed by atoms with van der Waals surface area (Å²) in [6.45, 7) is 2.69. The van der Waals surface area contributed by atoms with E-state index >= 15 is 0 Å². The molecule has 0 aromatic heterocycles. The molecular formula is C14H19NO4S. The Kier molecular flexibility index (Phi) is 4.15. The number of nitrogens with zero attached hydrogens (tertiary/aromatic N) is 1. The number of sulfonamides is 1. The zero-order valence-electron chi connectivity index (χ0n) is 11.6. The molecule has 1 aromatic rings. The van der Waals surface area contributed by atoms with Crippen molar-refractivity contribution >= 4 is 16.0 Å². The van der Waals surface area contributed by atoms with Crippen molar-refractivity contribution < 1.29 is 18.3 Å². The Balaban J connectivity index is 2.01. The second-order valence-electron chi connectivity index (χ2n) is 5.51. The lowest BCUT2D eigenvalue weighted by Crippen LogP contribution is -2.30. The highest BCUT2D eigenvalue weighted by atomic mass is 32.2. The molecule has 1 aliphatic carbocycles. The number of carbonyl (C=O) groups is 1. The zero-order valence-corrected chi connectivity index (χ0v) is 12.4. The van der Waals surface area contributed by atoms with E-state index in [1.165, 1.54) is 16.4 Å². The Bertz CT molecular complexity index is 594. The van der Waals surface area contributed by atoms with Gasteiger partial charge in [0.15, 0.2) is 0 Å². The van der Waals surface area contributed by atoms with Crippen LogP contribution in [0.25, 0.3) is 0 Å². The Labute approximate surface area is 119 Å². The first-order valence-corrected chi connectivity index (χ1v) is 8.17. The van der Waals surface area contributed by atoms with Gasteiger partial charge in [-0.15, -0.1) is 0 Å². The van der Waals surface area contributed by atoms with Gasteiger partial charge in [-0.1, -0.05) is 19.1 Å². The third-order valence-corrected chi connectivity index (χ3v) is 5.59. The van der Waals surface area contributed by atoms with Crippen LogP contribution in [0, 0.1) is 11.8 Å². The van der Waals surface area contributed by atoms with E-state index in [-0.39, 0.29) is 11.3 Å². The van der Waals surface area contributed by atoms with Crippen LogP contribution >= 0.6 is 0 Å². The minimum atomic E-state index is -3.34. The molecule has 20 heavy (non-hydrogen) atoms. The van der Waals surface area contributed by atoms with E-state index in [0.717, 1.165) is 6.42 Å². The fourth-order valence-electron chi connectivity index (χ4n) is 2.16. The van der Waals surface area contributed by atoms with Crippen molar-refractivity contribution in [3.63, 3.8) is 0 Å². The Hall–Kier alpha value is -1.40. The van der Waals surface area contributed by atoms with Crippen LogP contribution in [-0.2, 0) is 15.8 Å². The van der Waals surface area contributed by atoms with Gasteiger partial charge in [-0.25, -0.2) is 17.5 Å². The zero-order chi connectivity index (χ0) is 14.9. The van der Waals surface area contributed by atoms with Gasteiger partial charge >= 0.3 is 5.97 Å². The minimum absolute atomic E-state index is 0.0928. The molecule has 2 atom stereocenters. The first-order valence-electron chi connectivity index (χ1n) is 6.56. The van der Waals surface area contributed by atoms with Gasteiger partial charge in [0.05, 0.1) is 11.3 Å². The highest BCUT2D eigenvalue weighted by Gasteiger charge is 2.35. The Morgan fingerprint density at radius 3 is 2.35 bits per heavy atom. The van der Waals surface area contributed by atoms with Crippen molar-refractivity contribution in [2.24, 2.45) is 11.8 Å². The third kappa shape index (κ3) is 3.58. The molecule has 1 saturated carbocycles. The Morgan fingerprint density at radius 1 is 1.35 bits per heavy atom. The smallest absolute Gasteiger partial charge is 0.335 e. The van der Waals surface area contributed by atoms with Gasteiger partial charge in [0.25, 0.3) is 0 Å². The number of rotatable bonds is 6. The number of carboxylic acids is 1. The van der Waals surface area contributed by atoms with Crippen molar-refractivity contribution in [1.82, 2.24) is 4.31 Å². The minimum Gasteiger partial charge on any atom is -0.478 e. The Morgan fingerprint density at radius 2 is 1.90 bits per heavy atom. The van der Waals surface area contributed by atoms with E-state index in [1.54, 1.807) is 19.2 Å². The summed E-state index contributed by atoms with van der Waals surface area (Å²) in [6, 6.07) is 5.95. The first-order chi connectivity index (χ1) is 9.29. The SMILES string of the molecule is CC1CC1CN(C)S(=O)(=O)Cc1ccc(C(=O)O)cc1. The van der Waals surface area contributed by atoms with E-state index in [0.29, 0.717) is 23.9 Å². The third-order valence-electron chi connectivity index (χ3n) is 3.79. The summed E-state index contributed by atoms with van der Waals surface area (Å²) in [5, 5.41) is 8.80. The maximum absolute atomic E-state index is 12.2. The highest BCUT2D eigenvalue weighted by Crippen LogP contribution is 2.38. The van der Waals surface area contributed by atoms with Gasteiger partial charge in [0.1, 0.15) is 0 Å². The van der Waals surface area contributed by atoms with Crippen LogP contribution in [0.15, 0.2) is 24.3 Å². The molecule has 0 bridgehead atoms. The predicted octanol–water partition coefficient (Wildman–Crippen LogP) is 1.80. The molecule has 2 unspecified atom stereocenters. The molecule has 0 amide bonds. The lowest BCUT2D eigenvalue weighted by atomic mass is 10.1. The lowest BCUT2D eigenvalue weighted by molar-refractivity contribution is 0.0697. The molecule has 1 aliphatic rings. The molecule has 0 radical (unpaired) electrons. The average Bonchev–Trinajstić information content (AvgIpc) is 3.05. The molecule has 1 N–H and O–H groups in total. The van der Waals surface area contributed by atoms with Gasteiger partial charge in [-0.2, -0.15) is 0 Å². The van der Waals surface area contributed by atoms with Crippen LogP contribution in [-0.4, -0.2) is 37.4 Å². The molecule has 0 spiro atoms. The summed E-state index contributed by atoms with van der Waals surface area (Å²) in [5.74, 6) is -0.0178. The lowest BCUT2D eigenvalue weighted by Gasteiger charge is -2.17. The fraction of sp³-hybridized carbons (Fsp3) is 0.500.